The Bertz CT molecular complexity index is 1150. The summed E-state index contributed by atoms with van der Waals surface area (Å²) in [6, 6.07) is 9.50. The highest BCUT2D eigenvalue weighted by Crippen LogP contribution is 2.45. The lowest BCUT2D eigenvalue weighted by molar-refractivity contribution is -0.116. The Morgan fingerprint density at radius 1 is 1.20 bits per heavy atom. The van der Waals surface area contributed by atoms with Gasteiger partial charge in [-0.1, -0.05) is 12.1 Å². The molecule has 1 aromatic carbocycles. The van der Waals surface area contributed by atoms with Crippen molar-refractivity contribution in [2.24, 2.45) is 0 Å². The summed E-state index contributed by atoms with van der Waals surface area (Å²) in [5.74, 6) is 2.19. The molecule has 1 aliphatic carbocycles. The average molecular weight is 423 g/mol. The number of fused-ring (bicyclic) bond motifs is 1. The predicted octanol–water partition coefficient (Wildman–Crippen LogP) is 3.35. The van der Waals surface area contributed by atoms with Crippen LogP contribution in [0, 0.1) is 0 Å². The van der Waals surface area contributed by atoms with E-state index < -0.39 is 0 Å². The van der Waals surface area contributed by atoms with E-state index >= 15 is 0 Å². The Morgan fingerprint density at radius 3 is 2.77 bits per heavy atom. The number of hydrogen-bond donors (Lipinski definition) is 2. The number of allylic oxidation sites excluding steroid dienone is 2. The predicted molar refractivity (Wildman–Crippen MR) is 114 cm³/mol. The Labute approximate surface area is 177 Å². The van der Waals surface area contributed by atoms with E-state index in [2.05, 4.69) is 15.4 Å². The van der Waals surface area contributed by atoms with Crippen molar-refractivity contribution in [1.29, 1.82) is 0 Å². The van der Waals surface area contributed by atoms with Gasteiger partial charge in [0.25, 0.3) is 0 Å². The fourth-order valence-corrected chi connectivity index (χ4v) is 5.10. The molecule has 3 N–H and O–H groups in total. The van der Waals surface area contributed by atoms with Crippen molar-refractivity contribution >= 4 is 29.0 Å². The number of carbonyl (C=O) groups excluding carboxylic acids is 1. The maximum atomic E-state index is 13.4. The third-order valence-corrected chi connectivity index (χ3v) is 6.55. The van der Waals surface area contributed by atoms with Gasteiger partial charge in [0.05, 0.1) is 14.2 Å². The zero-order valence-corrected chi connectivity index (χ0v) is 17.4. The summed E-state index contributed by atoms with van der Waals surface area (Å²) in [5.41, 5.74) is 8.52. The minimum Gasteiger partial charge on any atom is -0.493 e. The van der Waals surface area contributed by atoms with Crippen LogP contribution < -0.4 is 20.5 Å². The number of benzene rings is 1. The first-order valence-electron chi connectivity index (χ1n) is 9.59. The molecular formula is C21H21N5O3S. The number of methoxy groups -OCH3 is 2. The standard InChI is InChI=1S/C21H21N5O3S/c1-28-15-6-5-11(10-16(15)29-2)12-8-13-18(14(27)9-12)19(17-4-3-7-30-17)26-21(23-13)24-20(22)25-26/h3-7,10,12,19H,8-9H2,1-2H3,(H3,22,23,24,25)/t12-,19+/m1/s1. The second kappa shape index (κ2) is 7.17. The number of carbonyl (C=O) groups is 1. The molecule has 0 bridgehead atoms. The van der Waals surface area contributed by atoms with Crippen molar-refractivity contribution in [3.8, 4) is 11.5 Å². The van der Waals surface area contributed by atoms with Gasteiger partial charge in [-0.05, 0) is 41.5 Å². The SMILES string of the molecule is COc1ccc([C@H]2CC(=O)C3=C(C2)Nc2nc(N)nn2[C@H]3c2cccs2)cc1OC. The monoisotopic (exact) mass is 423 g/mol. The van der Waals surface area contributed by atoms with Crippen LogP contribution in [0.4, 0.5) is 11.9 Å². The largest absolute Gasteiger partial charge is 0.493 e. The number of ketones is 1. The Balaban J connectivity index is 1.56. The molecule has 154 valence electrons. The zero-order valence-electron chi connectivity index (χ0n) is 16.6. The molecule has 0 unspecified atom stereocenters. The number of hydrogen-bond acceptors (Lipinski definition) is 8. The van der Waals surface area contributed by atoms with E-state index in [-0.39, 0.29) is 23.7 Å². The topological polar surface area (TPSA) is 104 Å². The van der Waals surface area contributed by atoms with E-state index in [1.165, 1.54) is 0 Å². The Morgan fingerprint density at radius 2 is 2.03 bits per heavy atom. The number of nitrogens with zero attached hydrogens (tertiary/aromatic N) is 3. The van der Waals surface area contributed by atoms with E-state index in [0.717, 1.165) is 21.7 Å². The van der Waals surface area contributed by atoms with Crippen LogP contribution in [0.15, 0.2) is 47.0 Å². The number of rotatable bonds is 4. The lowest BCUT2D eigenvalue weighted by Gasteiger charge is -2.34. The summed E-state index contributed by atoms with van der Waals surface area (Å²) in [7, 11) is 3.22. The molecule has 2 atom stereocenters. The highest BCUT2D eigenvalue weighted by Gasteiger charge is 2.40. The number of Topliss-reactive ketones (excluding diaryl/α,β-unsaturated/α-hetero) is 1. The maximum Gasteiger partial charge on any atom is 0.241 e. The van der Waals surface area contributed by atoms with Gasteiger partial charge in [-0.3, -0.25) is 4.79 Å². The van der Waals surface area contributed by atoms with Gasteiger partial charge in [-0.2, -0.15) is 4.98 Å². The molecular weight excluding hydrogens is 402 g/mol. The first-order chi connectivity index (χ1) is 14.6. The molecule has 2 aliphatic rings. The second-order valence-electron chi connectivity index (χ2n) is 7.32. The lowest BCUT2D eigenvalue weighted by atomic mass is 9.79. The van der Waals surface area contributed by atoms with E-state index in [4.69, 9.17) is 15.2 Å². The molecule has 30 heavy (non-hydrogen) atoms. The number of anilines is 2. The van der Waals surface area contributed by atoms with Crippen LogP contribution in [0.3, 0.4) is 0 Å². The fourth-order valence-electron chi connectivity index (χ4n) is 4.28. The molecule has 3 heterocycles. The van der Waals surface area contributed by atoms with Crippen molar-refractivity contribution in [2.45, 2.75) is 24.8 Å². The number of aromatic nitrogens is 3. The summed E-state index contributed by atoms with van der Waals surface area (Å²) in [4.78, 5) is 18.7. The quantitative estimate of drug-likeness (QED) is 0.663. The number of nitrogen functional groups attached to an aromatic ring is 1. The third-order valence-electron chi connectivity index (χ3n) is 5.63. The molecule has 0 spiro atoms. The molecule has 2 aromatic heterocycles. The maximum absolute atomic E-state index is 13.4. The summed E-state index contributed by atoms with van der Waals surface area (Å²) in [5, 5.41) is 9.65. The van der Waals surface area contributed by atoms with Crippen LogP contribution in [0.1, 0.15) is 35.2 Å². The minimum atomic E-state index is -0.306. The van der Waals surface area contributed by atoms with Crippen molar-refractivity contribution in [3.63, 3.8) is 0 Å². The summed E-state index contributed by atoms with van der Waals surface area (Å²) in [6.07, 6.45) is 1.10. The summed E-state index contributed by atoms with van der Waals surface area (Å²) >= 11 is 1.59. The first kappa shape index (κ1) is 18.7. The first-order valence-corrected chi connectivity index (χ1v) is 10.5. The Hall–Kier alpha value is -3.33. The molecule has 1 aliphatic heterocycles. The molecule has 0 radical (unpaired) electrons. The number of thiophene rings is 1. The highest BCUT2D eigenvalue weighted by molar-refractivity contribution is 7.10. The normalized spacial score (nSPS) is 20.4. The molecule has 3 aromatic rings. The fraction of sp³-hybridized carbons (Fsp3) is 0.286. The average Bonchev–Trinajstić information content (AvgIpc) is 3.40. The van der Waals surface area contributed by atoms with Crippen LogP contribution in [0.25, 0.3) is 0 Å². The van der Waals surface area contributed by atoms with E-state index in [1.807, 2.05) is 35.7 Å². The molecule has 9 heteroatoms. The van der Waals surface area contributed by atoms with E-state index in [0.29, 0.717) is 30.3 Å². The van der Waals surface area contributed by atoms with E-state index in [9.17, 15) is 4.79 Å². The van der Waals surface area contributed by atoms with Gasteiger partial charge in [0.1, 0.15) is 6.04 Å². The number of nitrogens with one attached hydrogen (secondary N) is 1. The Kier molecular flexibility index (Phi) is 4.47. The summed E-state index contributed by atoms with van der Waals surface area (Å²) in [6.45, 7) is 0. The van der Waals surface area contributed by atoms with Gasteiger partial charge < -0.3 is 20.5 Å². The van der Waals surface area contributed by atoms with Crippen LogP contribution in [0.2, 0.25) is 0 Å². The molecule has 0 amide bonds. The van der Waals surface area contributed by atoms with Crippen LogP contribution in [-0.4, -0.2) is 34.8 Å². The minimum absolute atomic E-state index is 0.0272. The smallest absolute Gasteiger partial charge is 0.241 e. The van der Waals surface area contributed by atoms with Crippen LogP contribution >= 0.6 is 11.3 Å². The third kappa shape index (κ3) is 2.93. The zero-order chi connectivity index (χ0) is 20.8. The second-order valence-corrected chi connectivity index (χ2v) is 8.30. The van der Waals surface area contributed by atoms with Crippen molar-refractivity contribution in [2.75, 3.05) is 25.3 Å². The lowest BCUT2D eigenvalue weighted by Crippen LogP contribution is -2.33. The van der Waals surface area contributed by atoms with Gasteiger partial charge in [0.15, 0.2) is 17.3 Å². The molecule has 8 nitrogen and oxygen atoms in total. The van der Waals surface area contributed by atoms with Crippen LogP contribution in [-0.2, 0) is 4.79 Å². The number of nitrogens with two attached hydrogens (primary N) is 1. The van der Waals surface area contributed by atoms with Gasteiger partial charge in [-0.25, -0.2) is 4.68 Å². The molecule has 5 rings (SSSR count). The van der Waals surface area contributed by atoms with Gasteiger partial charge in [0.2, 0.25) is 11.9 Å². The molecule has 0 saturated carbocycles. The highest BCUT2D eigenvalue weighted by atomic mass is 32.1. The molecule has 0 fully saturated rings. The van der Waals surface area contributed by atoms with Crippen molar-refractivity contribution in [3.05, 3.63) is 57.4 Å². The van der Waals surface area contributed by atoms with Crippen molar-refractivity contribution in [1.82, 2.24) is 14.8 Å². The van der Waals surface area contributed by atoms with Crippen molar-refractivity contribution < 1.29 is 14.3 Å². The van der Waals surface area contributed by atoms with Crippen LogP contribution in [0.5, 0.6) is 11.5 Å². The van der Waals surface area contributed by atoms with Gasteiger partial charge >= 0.3 is 0 Å². The summed E-state index contributed by atoms with van der Waals surface area (Å²) < 4.78 is 12.5. The number of ether oxygens (including phenoxy) is 2. The van der Waals surface area contributed by atoms with E-state index in [1.54, 1.807) is 30.2 Å². The molecule has 0 saturated heterocycles. The van der Waals surface area contributed by atoms with Gasteiger partial charge in [-0.15, -0.1) is 16.4 Å². The van der Waals surface area contributed by atoms with Gasteiger partial charge in [0, 0.05) is 22.6 Å².